The molecule has 0 unspecified atom stereocenters. The van der Waals surface area contributed by atoms with Crippen LogP contribution in [0.2, 0.25) is 18.1 Å². The lowest BCUT2D eigenvalue weighted by atomic mass is 9.44. The highest BCUT2D eigenvalue weighted by atomic mass is 28.4. The van der Waals surface area contributed by atoms with Crippen LogP contribution in [0.4, 0.5) is 0 Å². The van der Waals surface area contributed by atoms with E-state index >= 15 is 0 Å². The predicted octanol–water partition coefficient (Wildman–Crippen LogP) is 4.79. The van der Waals surface area contributed by atoms with Crippen molar-refractivity contribution < 1.29 is 9.22 Å². The lowest BCUT2D eigenvalue weighted by Gasteiger charge is -2.69. The fraction of sp³-hybridized carbons (Fsp3) is 0.938. The minimum Gasteiger partial charge on any atom is -0.410 e. The Balaban J connectivity index is 3.19. The zero-order valence-corrected chi connectivity index (χ0v) is 15.3. The molecule has 1 saturated carbocycles. The Kier molecular flexibility index (Phi) is 3.93. The third kappa shape index (κ3) is 2.44. The van der Waals surface area contributed by atoms with Crippen LogP contribution in [0.15, 0.2) is 0 Å². The highest BCUT2D eigenvalue weighted by molar-refractivity contribution is 6.74. The lowest BCUT2D eigenvalue weighted by Crippen LogP contribution is -2.71. The Hall–Kier alpha value is -0.153. The van der Waals surface area contributed by atoms with Gasteiger partial charge in [0.2, 0.25) is 0 Å². The van der Waals surface area contributed by atoms with E-state index in [1.54, 1.807) is 0 Å². The molecule has 0 radical (unpaired) electrons. The maximum Gasteiger partial charge on any atom is 0.192 e. The fourth-order valence-corrected chi connectivity index (χ4v) is 5.59. The molecule has 0 atom stereocenters. The van der Waals surface area contributed by atoms with Gasteiger partial charge in [0, 0.05) is 6.42 Å². The van der Waals surface area contributed by atoms with E-state index in [4.69, 9.17) is 4.43 Å². The summed E-state index contributed by atoms with van der Waals surface area (Å²) in [5.74, 6) is 0. The maximum atomic E-state index is 11.3. The molecule has 0 heterocycles. The Labute approximate surface area is 120 Å². The Morgan fingerprint density at radius 3 is 1.79 bits per heavy atom. The molecule has 0 aromatic carbocycles. The van der Waals surface area contributed by atoms with Gasteiger partial charge in [0.25, 0.3) is 0 Å². The third-order valence-electron chi connectivity index (χ3n) is 5.68. The zero-order chi connectivity index (χ0) is 15.3. The maximum absolute atomic E-state index is 11.3. The molecular weight excluding hydrogens is 252 g/mol. The lowest BCUT2D eigenvalue weighted by molar-refractivity contribution is -0.235. The quantitative estimate of drug-likeness (QED) is 0.548. The second-order valence-electron chi connectivity index (χ2n) is 9.00. The van der Waals surface area contributed by atoms with Gasteiger partial charge in [-0.25, -0.2) is 0 Å². The van der Waals surface area contributed by atoms with E-state index in [0.29, 0.717) is 6.42 Å². The summed E-state index contributed by atoms with van der Waals surface area (Å²) in [6, 6.07) is 0. The topological polar surface area (TPSA) is 26.3 Å². The average Bonchev–Trinajstić information content (AvgIpc) is 2.12. The largest absolute Gasteiger partial charge is 0.410 e. The summed E-state index contributed by atoms with van der Waals surface area (Å²) < 4.78 is 6.80. The Bertz CT molecular complexity index is 347. The van der Waals surface area contributed by atoms with Gasteiger partial charge in [-0.2, -0.15) is 0 Å². The molecule has 0 bridgehead atoms. The molecule has 2 nitrogen and oxygen atoms in total. The van der Waals surface area contributed by atoms with Gasteiger partial charge in [-0.1, -0.05) is 48.5 Å². The summed E-state index contributed by atoms with van der Waals surface area (Å²) >= 11 is 0. The van der Waals surface area contributed by atoms with Crippen molar-refractivity contribution >= 4 is 14.6 Å². The highest BCUT2D eigenvalue weighted by Gasteiger charge is 2.67. The molecule has 1 aliphatic rings. The molecule has 0 saturated heterocycles. The van der Waals surface area contributed by atoms with Gasteiger partial charge in [-0.05, 0) is 35.4 Å². The molecule has 0 aliphatic heterocycles. The molecule has 0 N–H and O–H groups in total. The molecule has 0 aromatic rings. The zero-order valence-electron chi connectivity index (χ0n) is 14.3. The van der Waals surface area contributed by atoms with Crippen LogP contribution >= 0.6 is 0 Å². The molecule has 0 spiro atoms. The predicted molar refractivity (Wildman–Crippen MR) is 83.9 cm³/mol. The van der Waals surface area contributed by atoms with Crippen molar-refractivity contribution in [2.24, 2.45) is 10.8 Å². The Morgan fingerprint density at radius 2 is 1.53 bits per heavy atom. The SMILES string of the molecule is CC1(C)CC(C)(C)C1(CC=O)O[Si](C)(C)C(C)(C)C. The van der Waals surface area contributed by atoms with Gasteiger partial charge in [-0.3, -0.25) is 0 Å². The number of hydrogen-bond donors (Lipinski definition) is 0. The van der Waals surface area contributed by atoms with Crippen molar-refractivity contribution in [3.8, 4) is 0 Å². The van der Waals surface area contributed by atoms with Crippen molar-refractivity contribution in [2.45, 2.75) is 85.0 Å². The van der Waals surface area contributed by atoms with Crippen LogP contribution in [0.3, 0.4) is 0 Å². The first kappa shape index (κ1) is 16.9. The summed E-state index contributed by atoms with van der Waals surface area (Å²) in [5, 5.41) is 0.171. The van der Waals surface area contributed by atoms with E-state index in [9.17, 15) is 4.79 Å². The van der Waals surface area contributed by atoms with Crippen molar-refractivity contribution in [1.82, 2.24) is 0 Å². The number of aldehydes is 1. The second-order valence-corrected chi connectivity index (χ2v) is 13.7. The molecule has 3 heteroatoms. The van der Waals surface area contributed by atoms with Crippen LogP contribution in [0, 0.1) is 10.8 Å². The summed E-state index contributed by atoms with van der Waals surface area (Å²) in [5.41, 5.74) is -0.148. The summed E-state index contributed by atoms with van der Waals surface area (Å²) in [4.78, 5) is 11.3. The summed E-state index contributed by atoms with van der Waals surface area (Å²) in [7, 11) is -1.88. The third-order valence-corrected chi connectivity index (χ3v) is 10.1. The monoisotopic (exact) mass is 284 g/mol. The molecule has 112 valence electrons. The summed E-state index contributed by atoms with van der Waals surface area (Å²) in [6.07, 6.45) is 2.68. The first-order valence-electron chi connectivity index (χ1n) is 7.36. The van der Waals surface area contributed by atoms with E-state index in [2.05, 4.69) is 61.6 Å². The number of carbonyl (C=O) groups is 1. The van der Waals surface area contributed by atoms with Crippen LogP contribution in [-0.2, 0) is 9.22 Å². The fourth-order valence-electron chi connectivity index (χ4n) is 3.78. The first-order valence-corrected chi connectivity index (χ1v) is 10.3. The van der Waals surface area contributed by atoms with Crippen LogP contribution in [0.25, 0.3) is 0 Å². The number of rotatable bonds is 4. The molecule has 19 heavy (non-hydrogen) atoms. The first-order chi connectivity index (χ1) is 8.22. The van der Waals surface area contributed by atoms with Gasteiger partial charge >= 0.3 is 0 Å². The van der Waals surface area contributed by atoms with Gasteiger partial charge in [0.05, 0.1) is 5.60 Å². The number of carbonyl (C=O) groups excluding carboxylic acids is 1. The van der Waals surface area contributed by atoms with Gasteiger partial charge < -0.3 is 9.22 Å². The van der Waals surface area contributed by atoms with Crippen LogP contribution in [-0.4, -0.2) is 20.2 Å². The standard InChI is InChI=1S/C16H32O2Si/c1-13(2,3)19(8,9)18-16(10-11-17)14(4,5)12-15(16,6)7/h11H,10,12H2,1-9H3. The normalized spacial score (nSPS) is 24.7. The number of hydrogen-bond acceptors (Lipinski definition) is 2. The summed E-state index contributed by atoms with van der Waals surface area (Å²) in [6.45, 7) is 20.3. The molecular formula is C16H32O2Si. The van der Waals surface area contributed by atoms with Gasteiger partial charge in [0.15, 0.2) is 8.32 Å². The molecule has 1 fully saturated rings. The van der Waals surface area contributed by atoms with Crippen molar-refractivity contribution in [2.75, 3.05) is 0 Å². The van der Waals surface area contributed by atoms with Crippen molar-refractivity contribution in [3.05, 3.63) is 0 Å². The minimum absolute atomic E-state index is 0.0763. The molecule has 1 aliphatic carbocycles. The molecule has 0 aromatic heterocycles. The molecule has 0 amide bonds. The van der Waals surface area contributed by atoms with Crippen molar-refractivity contribution in [3.63, 3.8) is 0 Å². The van der Waals surface area contributed by atoms with Gasteiger partial charge in [0.1, 0.15) is 6.29 Å². The van der Waals surface area contributed by atoms with Gasteiger partial charge in [-0.15, -0.1) is 0 Å². The molecule has 1 rings (SSSR count). The van der Waals surface area contributed by atoms with Crippen LogP contribution < -0.4 is 0 Å². The second kappa shape index (κ2) is 4.42. The van der Waals surface area contributed by atoms with E-state index < -0.39 is 8.32 Å². The van der Waals surface area contributed by atoms with Crippen molar-refractivity contribution in [1.29, 1.82) is 0 Å². The van der Waals surface area contributed by atoms with E-state index in [1.165, 1.54) is 0 Å². The van der Waals surface area contributed by atoms with E-state index in [0.717, 1.165) is 12.7 Å². The van der Waals surface area contributed by atoms with Crippen LogP contribution in [0.5, 0.6) is 0 Å². The average molecular weight is 285 g/mol. The minimum atomic E-state index is -1.88. The van der Waals surface area contributed by atoms with E-state index in [1.807, 2.05) is 0 Å². The Morgan fingerprint density at radius 1 is 1.11 bits per heavy atom. The smallest absolute Gasteiger partial charge is 0.192 e. The van der Waals surface area contributed by atoms with Crippen LogP contribution in [0.1, 0.15) is 61.3 Å². The van der Waals surface area contributed by atoms with E-state index in [-0.39, 0.29) is 21.5 Å². The highest BCUT2D eigenvalue weighted by Crippen LogP contribution is 2.66.